The molecule has 2 N–H and O–H groups in total. The molecule has 1 heterocycles. The molecule has 0 spiro atoms. The van der Waals surface area contributed by atoms with Gasteiger partial charge in [0, 0.05) is 11.3 Å². The standard InChI is InChI=1S/C21H22N2O6/c1-4-27-16-9-12(10-17(28-5-2)18(16)29-6-3)19(24)22-13-7-8-14-15(11-13)21(26)23-20(14)25/h7-11H,4-6H2,1-3H3,(H,22,24)(H,23,25,26). The summed E-state index contributed by atoms with van der Waals surface area (Å²) in [5.41, 5.74) is 1.21. The molecule has 29 heavy (non-hydrogen) atoms. The predicted octanol–water partition coefficient (Wildman–Crippen LogP) is 3.02. The average molecular weight is 398 g/mol. The first kappa shape index (κ1) is 20.2. The smallest absolute Gasteiger partial charge is 0.259 e. The number of hydrogen-bond acceptors (Lipinski definition) is 6. The van der Waals surface area contributed by atoms with Crippen molar-refractivity contribution in [3.63, 3.8) is 0 Å². The van der Waals surface area contributed by atoms with Crippen molar-refractivity contribution in [1.82, 2.24) is 5.32 Å². The monoisotopic (exact) mass is 398 g/mol. The van der Waals surface area contributed by atoms with Gasteiger partial charge in [-0.15, -0.1) is 0 Å². The highest BCUT2D eigenvalue weighted by Crippen LogP contribution is 2.39. The second kappa shape index (κ2) is 8.64. The number of carbonyl (C=O) groups excluding carboxylic acids is 3. The van der Waals surface area contributed by atoms with Crippen LogP contribution in [0.5, 0.6) is 17.2 Å². The number of hydrogen-bond donors (Lipinski definition) is 2. The molecule has 0 aliphatic carbocycles. The lowest BCUT2D eigenvalue weighted by Gasteiger charge is -2.17. The Hall–Kier alpha value is -3.55. The fraction of sp³-hybridized carbons (Fsp3) is 0.286. The van der Waals surface area contributed by atoms with Crippen molar-refractivity contribution < 1.29 is 28.6 Å². The Bertz CT molecular complexity index is 943. The fourth-order valence-corrected chi connectivity index (χ4v) is 2.97. The molecule has 1 aliphatic heterocycles. The first-order valence-corrected chi connectivity index (χ1v) is 9.35. The van der Waals surface area contributed by atoms with Crippen LogP contribution >= 0.6 is 0 Å². The van der Waals surface area contributed by atoms with E-state index in [9.17, 15) is 14.4 Å². The molecule has 1 aliphatic rings. The molecule has 0 atom stereocenters. The zero-order valence-corrected chi connectivity index (χ0v) is 16.5. The van der Waals surface area contributed by atoms with Crippen molar-refractivity contribution in [3.8, 4) is 17.2 Å². The van der Waals surface area contributed by atoms with Gasteiger partial charge in [-0.3, -0.25) is 19.7 Å². The average Bonchev–Trinajstić information content (AvgIpc) is 2.98. The number of nitrogens with one attached hydrogen (secondary N) is 2. The van der Waals surface area contributed by atoms with Crippen LogP contribution in [0.2, 0.25) is 0 Å². The summed E-state index contributed by atoms with van der Waals surface area (Å²) in [5, 5.41) is 4.95. The second-order valence-corrected chi connectivity index (χ2v) is 6.10. The molecule has 8 nitrogen and oxygen atoms in total. The Morgan fingerprint density at radius 3 is 2.03 bits per heavy atom. The van der Waals surface area contributed by atoms with E-state index in [0.717, 1.165) is 0 Å². The lowest BCUT2D eigenvalue weighted by atomic mass is 10.1. The number of carbonyl (C=O) groups is 3. The molecule has 2 aromatic rings. The van der Waals surface area contributed by atoms with Gasteiger partial charge in [-0.2, -0.15) is 0 Å². The van der Waals surface area contributed by atoms with Crippen LogP contribution in [0.15, 0.2) is 30.3 Å². The summed E-state index contributed by atoms with van der Waals surface area (Å²) in [6.45, 7) is 6.72. The number of fused-ring (bicyclic) bond motifs is 1. The first-order chi connectivity index (χ1) is 14.0. The lowest BCUT2D eigenvalue weighted by Crippen LogP contribution is -2.19. The van der Waals surface area contributed by atoms with Gasteiger partial charge < -0.3 is 19.5 Å². The SMILES string of the molecule is CCOc1cc(C(=O)Nc2ccc3c(c2)C(=O)NC3=O)cc(OCC)c1OCC. The van der Waals surface area contributed by atoms with E-state index in [-0.39, 0.29) is 11.1 Å². The van der Waals surface area contributed by atoms with E-state index in [0.29, 0.717) is 48.3 Å². The largest absolute Gasteiger partial charge is 0.490 e. The van der Waals surface area contributed by atoms with E-state index in [2.05, 4.69) is 10.6 Å². The topological polar surface area (TPSA) is 103 Å². The summed E-state index contributed by atoms with van der Waals surface area (Å²) in [4.78, 5) is 36.3. The Morgan fingerprint density at radius 1 is 0.862 bits per heavy atom. The summed E-state index contributed by atoms with van der Waals surface area (Å²) in [7, 11) is 0. The van der Waals surface area contributed by atoms with E-state index in [1.54, 1.807) is 18.2 Å². The maximum Gasteiger partial charge on any atom is 0.259 e. The van der Waals surface area contributed by atoms with Gasteiger partial charge in [0.2, 0.25) is 5.75 Å². The van der Waals surface area contributed by atoms with E-state index in [1.807, 2.05) is 20.8 Å². The van der Waals surface area contributed by atoms with Crippen molar-refractivity contribution in [3.05, 3.63) is 47.0 Å². The van der Waals surface area contributed by atoms with Crippen molar-refractivity contribution in [1.29, 1.82) is 0 Å². The fourth-order valence-electron chi connectivity index (χ4n) is 2.97. The van der Waals surface area contributed by atoms with Crippen LogP contribution in [0.4, 0.5) is 5.69 Å². The van der Waals surface area contributed by atoms with Gasteiger partial charge >= 0.3 is 0 Å². The van der Waals surface area contributed by atoms with E-state index < -0.39 is 17.7 Å². The molecule has 0 aromatic heterocycles. The molecule has 0 saturated carbocycles. The van der Waals surface area contributed by atoms with E-state index in [1.165, 1.54) is 12.1 Å². The molecule has 0 saturated heterocycles. The van der Waals surface area contributed by atoms with Crippen molar-refractivity contribution >= 4 is 23.4 Å². The number of ether oxygens (including phenoxy) is 3. The van der Waals surface area contributed by atoms with Gasteiger partial charge in [0.15, 0.2) is 11.5 Å². The minimum atomic E-state index is -0.487. The second-order valence-electron chi connectivity index (χ2n) is 6.10. The number of amides is 3. The van der Waals surface area contributed by atoms with Crippen LogP contribution in [0.3, 0.4) is 0 Å². The molecule has 0 unspecified atom stereocenters. The molecular formula is C21H22N2O6. The third-order valence-corrected chi connectivity index (χ3v) is 4.17. The number of rotatable bonds is 8. The summed E-state index contributed by atoms with van der Waals surface area (Å²) in [5.74, 6) is -0.0922. The Balaban J connectivity index is 1.91. The normalized spacial score (nSPS) is 12.2. The number of benzene rings is 2. The summed E-state index contributed by atoms with van der Waals surface area (Å²) in [6.07, 6.45) is 0. The van der Waals surface area contributed by atoms with Crippen LogP contribution in [0.25, 0.3) is 0 Å². The highest BCUT2D eigenvalue weighted by Gasteiger charge is 2.27. The van der Waals surface area contributed by atoms with Gasteiger partial charge in [-0.05, 0) is 51.1 Å². The highest BCUT2D eigenvalue weighted by molar-refractivity contribution is 6.22. The maximum absolute atomic E-state index is 12.8. The Kier molecular flexibility index (Phi) is 6.01. The Morgan fingerprint density at radius 2 is 1.45 bits per heavy atom. The van der Waals surface area contributed by atoms with Crippen molar-refractivity contribution in [2.45, 2.75) is 20.8 Å². The highest BCUT2D eigenvalue weighted by atomic mass is 16.5. The first-order valence-electron chi connectivity index (χ1n) is 9.35. The lowest BCUT2D eigenvalue weighted by molar-refractivity contribution is 0.0878. The van der Waals surface area contributed by atoms with Crippen LogP contribution < -0.4 is 24.8 Å². The third-order valence-electron chi connectivity index (χ3n) is 4.17. The zero-order valence-electron chi connectivity index (χ0n) is 16.5. The summed E-state index contributed by atoms with van der Waals surface area (Å²) >= 11 is 0. The zero-order chi connectivity index (χ0) is 21.0. The molecular weight excluding hydrogens is 376 g/mol. The Labute approximate surface area is 168 Å². The molecule has 0 fully saturated rings. The molecule has 152 valence electrons. The summed E-state index contributed by atoms with van der Waals surface area (Å²) < 4.78 is 16.9. The van der Waals surface area contributed by atoms with E-state index >= 15 is 0 Å². The van der Waals surface area contributed by atoms with Gasteiger partial charge in [-0.25, -0.2) is 0 Å². The molecule has 2 aromatic carbocycles. The maximum atomic E-state index is 12.8. The molecule has 3 amide bonds. The van der Waals surface area contributed by atoms with Gasteiger partial charge in [0.1, 0.15) is 0 Å². The van der Waals surface area contributed by atoms with Gasteiger partial charge in [0.25, 0.3) is 17.7 Å². The molecule has 3 rings (SSSR count). The van der Waals surface area contributed by atoms with Gasteiger partial charge in [-0.1, -0.05) is 0 Å². The predicted molar refractivity (Wildman–Crippen MR) is 106 cm³/mol. The minimum absolute atomic E-state index is 0.226. The summed E-state index contributed by atoms with van der Waals surface area (Å²) in [6, 6.07) is 7.69. The quantitative estimate of drug-likeness (QED) is 0.663. The van der Waals surface area contributed by atoms with E-state index in [4.69, 9.17) is 14.2 Å². The minimum Gasteiger partial charge on any atom is -0.490 e. The van der Waals surface area contributed by atoms with Gasteiger partial charge in [0.05, 0.1) is 30.9 Å². The van der Waals surface area contributed by atoms with Crippen LogP contribution in [-0.2, 0) is 0 Å². The van der Waals surface area contributed by atoms with Crippen molar-refractivity contribution in [2.75, 3.05) is 25.1 Å². The third kappa shape index (κ3) is 4.16. The molecule has 0 bridgehead atoms. The van der Waals surface area contributed by atoms with Crippen LogP contribution in [0.1, 0.15) is 51.8 Å². The molecule has 0 radical (unpaired) electrons. The number of anilines is 1. The number of imide groups is 1. The molecule has 8 heteroatoms. The van der Waals surface area contributed by atoms with Crippen LogP contribution in [-0.4, -0.2) is 37.5 Å². The van der Waals surface area contributed by atoms with Crippen molar-refractivity contribution in [2.24, 2.45) is 0 Å². The van der Waals surface area contributed by atoms with Crippen LogP contribution in [0, 0.1) is 0 Å².